The minimum Gasteiger partial charge on any atom is -0.388 e. The van der Waals surface area contributed by atoms with E-state index < -0.39 is 0 Å². The van der Waals surface area contributed by atoms with Gasteiger partial charge in [-0.15, -0.1) is 0 Å². The third-order valence-corrected chi connectivity index (χ3v) is 4.28. The number of aliphatic hydroxyl groups excluding tert-OH is 1. The Morgan fingerprint density at radius 2 is 1.65 bits per heavy atom. The molecule has 1 heteroatoms. The van der Waals surface area contributed by atoms with Crippen molar-refractivity contribution in [2.75, 3.05) is 0 Å². The van der Waals surface area contributed by atoms with Gasteiger partial charge in [0.15, 0.2) is 0 Å². The van der Waals surface area contributed by atoms with E-state index in [1.807, 2.05) is 0 Å². The van der Waals surface area contributed by atoms with Crippen LogP contribution in [0.3, 0.4) is 0 Å². The summed E-state index contributed by atoms with van der Waals surface area (Å²) < 4.78 is 0. The second-order valence-corrected chi connectivity index (χ2v) is 5.84. The fraction of sp³-hybridized carbons (Fsp3) is 0.625. The minimum absolute atomic E-state index is 0.270. The highest BCUT2D eigenvalue weighted by Crippen LogP contribution is 2.40. The van der Waals surface area contributed by atoms with Gasteiger partial charge in [0, 0.05) is 0 Å². The SMILES string of the molecule is CC(C)c1ccc(C(O)C2CCCC2C)cc1. The Balaban J connectivity index is 2.11. The van der Waals surface area contributed by atoms with Crippen LogP contribution in [0.4, 0.5) is 0 Å². The van der Waals surface area contributed by atoms with Gasteiger partial charge in [-0.3, -0.25) is 0 Å². The van der Waals surface area contributed by atoms with Gasteiger partial charge in [0.25, 0.3) is 0 Å². The number of hydrogen-bond donors (Lipinski definition) is 1. The van der Waals surface area contributed by atoms with Gasteiger partial charge in [-0.2, -0.15) is 0 Å². The molecular weight excluding hydrogens is 208 g/mol. The lowest BCUT2D eigenvalue weighted by Gasteiger charge is -2.22. The fourth-order valence-corrected chi connectivity index (χ4v) is 2.97. The molecule has 1 fully saturated rings. The van der Waals surface area contributed by atoms with Crippen molar-refractivity contribution in [2.24, 2.45) is 11.8 Å². The summed E-state index contributed by atoms with van der Waals surface area (Å²) in [6.45, 7) is 6.67. The van der Waals surface area contributed by atoms with Gasteiger partial charge >= 0.3 is 0 Å². The van der Waals surface area contributed by atoms with E-state index >= 15 is 0 Å². The first-order valence-electron chi connectivity index (χ1n) is 6.87. The lowest BCUT2D eigenvalue weighted by atomic mass is 9.87. The van der Waals surface area contributed by atoms with E-state index in [0.717, 1.165) is 5.56 Å². The summed E-state index contributed by atoms with van der Waals surface area (Å²) in [4.78, 5) is 0. The van der Waals surface area contributed by atoms with Crippen LogP contribution in [0.2, 0.25) is 0 Å². The molecular formula is C16H24O. The van der Waals surface area contributed by atoms with Crippen molar-refractivity contribution >= 4 is 0 Å². The summed E-state index contributed by atoms with van der Waals surface area (Å²) >= 11 is 0. The van der Waals surface area contributed by atoms with Crippen LogP contribution in [0, 0.1) is 11.8 Å². The quantitative estimate of drug-likeness (QED) is 0.824. The van der Waals surface area contributed by atoms with Gasteiger partial charge in [0.2, 0.25) is 0 Å². The van der Waals surface area contributed by atoms with Crippen LogP contribution in [0.5, 0.6) is 0 Å². The van der Waals surface area contributed by atoms with E-state index in [4.69, 9.17) is 0 Å². The van der Waals surface area contributed by atoms with Crippen LogP contribution < -0.4 is 0 Å². The Bertz CT molecular complexity index is 352. The first kappa shape index (κ1) is 12.6. The molecule has 17 heavy (non-hydrogen) atoms. The molecule has 1 N–H and O–H groups in total. The molecule has 94 valence electrons. The van der Waals surface area contributed by atoms with Crippen LogP contribution >= 0.6 is 0 Å². The normalized spacial score (nSPS) is 26.4. The second-order valence-electron chi connectivity index (χ2n) is 5.84. The average molecular weight is 232 g/mol. The number of aliphatic hydroxyl groups is 1. The van der Waals surface area contributed by atoms with Crippen molar-refractivity contribution in [1.82, 2.24) is 0 Å². The Morgan fingerprint density at radius 1 is 1.06 bits per heavy atom. The maximum absolute atomic E-state index is 10.4. The number of rotatable bonds is 3. The van der Waals surface area contributed by atoms with Gasteiger partial charge in [0.1, 0.15) is 0 Å². The highest BCUT2D eigenvalue weighted by molar-refractivity contribution is 5.26. The smallest absolute Gasteiger partial charge is 0.0820 e. The third kappa shape index (κ3) is 2.71. The molecule has 1 aliphatic carbocycles. The fourth-order valence-electron chi connectivity index (χ4n) is 2.97. The number of hydrogen-bond acceptors (Lipinski definition) is 1. The molecule has 0 bridgehead atoms. The van der Waals surface area contributed by atoms with Crippen molar-refractivity contribution in [3.8, 4) is 0 Å². The zero-order chi connectivity index (χ0) is 12.4. The zero-order valence-corrected chi connectivity index (χ0v) is 11.2. The Morgan fingerprint density at radius 3 is 2.12 bits per heavy atom. The zero-order valence-electron chi connectivity index (χ0n) is 11.2. The minimum atomic E-state index is -0.270. The van der Waals surface area contributed by atoms with E-state index in [1.165, 1.54) is 24.8 Å². The van der Waals surface area contributed by atoms with E-state index in [-0.39, 0.29) is 6.10 Å². The molecule has 1 saturated carbocycles. The molecule has 0 heterocycles. The van der Waals surface area contributed by atoms with Crippen molar-refractivity contribution in [1.29, 1.82) is 0 Å². The van der Waals surface area contributed by atoms with E-state index in [1.54, 1.807) is 0 Å². The third-order valence-electron chi connectivity index (χ3n) is 4.28. The highest BCUT2D eigenvalue weighted by Gasteiger charge is 2.30. The van der Waals surface area contributed by atoms with Crippen molar-refractivity contribution < 1.29 is 5.11 Å². The Hall–Kier alpha value is -0.820. The van der Waals surface area contributed by atoms with Gasteiger partial charge < -0.3 is 5.11 Å². The molecule has 0 aromatic heterocycles. The van der Waals surface area contributed by atoms with Gasteiger partial charge in [-0.1, -0.05) is 57.9 Å². The maximum atomic E-state index is 10.4. The molecule has 3 atom stereocenters. The lowest BCUT2D eigenvalue weighted by molar-refractivity contribution is 0.0900. The lowest BCUT2D eigenvalue weighted by Crippen LogP contribution is -2.15. The van der Waals surface area contributed by atoms with E-state index in [2.05, 4.69) is 45.0 Å². The Labute approximate surface area is 105 Å². The molecule has 0 aliphatic heterocycles. The molecule has 1 aliphatic rings. The summed E-state index contributed by atoms with van der Waals surface area (Å²) in [5.74, 6) is 1.68. The first-order valence-corrected chi connectivity index (χ1v) is 6.87. The first-order chi connectivity index (χ1) is 8.09. The summed E-state index contributed by atoms with van der Waals surface area (Å²) in [5, 5.41) is 10.4. The summed E-state index contributed by atoms with van der Waals surface area (Å²) in [5.41, 5.74) is 2.44. The standard InChI is InChI=1S/C16H24O/c1-11(2)13-7-9-14(10-8-13)16(17)15-6-4-5-12(15)3/h7-12,15-17H,4-6H2,1-3H3. The maximum Gasteiger partial charge on any atom is 0.0820 e. The molecule has 0 radical (unpaired) electrons. The van der Waals surface area contributed by atoms with Crippen LogP contribution in [-0.4, -0.2) is 5.11 Å². The van der Waals surface area contributed by atoms with Gasteiger partial charge in [-0.05, 0) is 35.3 Å². The molecule has 1 aromatic rings. The predicted octanol–water partition coefficient (Wildman–Crippen LogP) is 4.28. The molecule has 0 amide bonds. The molecule has 0 spiro atoms. The summed E-state index contributed by atoms with van der Waals surface area (Å²) in [6, 6.07) is 8.52. The van der Waals surface area contributed by atoms with Crippen molar-refractivity contribution in [2.45, 2.75) is 52.1 Å². The van der Waals surface area contributed by atoms with E-state index in [0.29, 0.717) is 17.8 Å². The van der Waals surface area contributed by atoms with Crippen molar-refractivity contribution in [3.63, 3.8) is 0 Å². The molecule has 3 unspecified atom stereocenters. The summed E-state index contributed by atoms with van der Waals surface area (Å²) in [6.07, 6.45) is 3.45. The molecule has 1 aromatic carbocycles. The largest absolute Gasteiger partial charge is 0.388 e. The summed E-state index contributed by atoms with van der Waals surface area (Å²) in [7, 11) is 0. The van der Waals surface area contributed by atoms with Crippen LogP contribution in [0.25, 0.3) is 0 Å². The van der Waals surface area contributed by atoms with Crippen molar-refractivity contribution in [3.05, 3.63) is 35.4 Å². The van der Waals surface area contributed by atoms with Crippen LogP contribution in [-0.2, 0) is 0 Å². The topological polar surface area (TPSA) is 20.2 Å². The van der Waals surface area contributed by atoms with E-state index in [9.17, 15) is 5.11 Å². The highest BCUT2D eigenvalue weighted by atomic mass is 16.3. The second kappa shape index (κ2) is 5.22. The molecule has 0 saturated heterocycles. The number of benzene rings is 1. The average Bonchev–Trinajstić information content (AvgIpc) is 2.74. The predicted molar refractivity (Wildman–Crippen MR) is 72.0 cm³/mol. The molecule has 1 nitrogen and oxygen atoms in total. The molecule has 2 rings (SSSR count). The van der Waals surface area contributed by atoms with Crippen LogP contribution in [0.1, 0.15) is 63.2 Å². The van der Waals surface area contributed by atoms with Crippen LogP contribution in [0.15, 0.2) is 24.3 Å². The van der Waals surface area contributed by atoms with Gasteiger partial charge in [-0.25, -0.2) is 0 Å². The van der Waals surface area contributed by atoms with Gasteiger partial charge in [0.05, 0.1) is 6.10 Å². The monoisotopic (exact) mass is 232 g/mol. The Kier molecular flexibility index (Phi) is 3.88.